The van der Waals surface area contributed by atoms with Crippen molar-refractivity contribution < 1.29 is 39.1 Å². The van der Waals surface area contributed by atoms with E-state index in [-0.39, 0.29) is 11.5 Å². The fourth-order valence-electron chi connectivity index (χ4n) is 1.36. The summed E-state index contributed by atoms with van der Waals surface area (Å²) < 4.78 is 0. The molecule has 0 unspecified atom stereocenters. The average Bonchev–Trinajstić information content (AvgIpc) is 2.55. The van der Waals surface area contributed by atoms with Gasteiger partial charge in [-0.2, -0.15) is 19.6 Å². The van der Waals surface area contributed by atoms with Gasteiger partial charge in [0, 0.05) is 0 Å². The molecule has 0 amide bonds. The van der Waals surface area contributed by atoms with E-state index in [2.05, 4.69) is 0 Å². The maximum atomic E-state index is 5.36. The molecule has 8 heteroatoms. The Kier molecular flexibility index (Phi) is 8.25. The number of hydrogen-bond acceptors (Lipinski definition) is 8. The fraction of sp³-hybridized carbons (Fsp3) is 0.700. The molecule has 1 aromatic carbocycles. The van der Waals surface area contributed by atoms with Crippen LogP contribution in [0.2, 0.25) is 0 Å². The van der Waals surface area contributed by atoms with Crippen molar-refractivity contribution in [3.8, 4) is 11.5 Å². The van der Waals surface area contributed by atoms with E-state index >= 15 is 0 Å². The lowest BCUT2D eigenvalue weighted by atomic mass is 10.2. The molecule has 8 nitrogen and oxygen atoms in total. The van der Waals surface area contributed by atoms with Crippen LogP contribution in [-0.4, -0.2) is 22.8 Å². The lowest BCUT2D eigenvalue weighted by molar-refractivity contribution is -0.501. The summed E-state index contributed by atoms with van der Waals surface area (Å²) in [5, 5.41) is 0. The van der Waals surface area contributed by atoms with Gasteiger partial charge in [-0.05, 0) is 81.4 Å². The van der Waals surface area contributed by atoms with Gasteiger partial charge in [-0.15, -0.1) is 0 Å². The van der Waals surface area contributed by atoms with Gasteiger partial charge >= 0.3 is 0 Å². The molecule has 0 spiro atoms. The van der Waals surface area contributed by atoms with E-state index in [1.807, 2.05) is 41.5 Å². The highest BCUT2D eigenvalue weighted by atomic mass is 17.3. The van der Waals surface area contributed by atoms with E-state index < -0.39 is 22.8 Å². The van der Waals surface area contributed by atoms with Crippen LogP contribution >= 0.6 is 0 Å². The predicted molar refractivity (Wildman–Crippen MR) is 102 cm³/mol. The molecule has 0 saturated heterocycles. The SMILES string of the molecule is CC(C)(C)OOC(C)(C)OOc1ccccc1OOC(C)(C)OOC(C)(C)C. The maximum absolute atomic E-state index is 5.36. The van der Waals surface area contributed by atoms with Crippen LogP contribution in [0.3, 0.4) is 0 Å². The molecule has 0 fully saturated rings. The van der Waals surface area contributed by atoms with Gasteiger partial charge in [0.25, 0.3) is 0 Å². The molecule has 0 bridgehead atoms. The van der Waals surface area contributed by atoms with Gasteiger partial charge in [-0.3, -0.25) is 0 Å². The summed E-state index contributed by atoms with van der Waals surface area (Å²) in [5.41, 5.74) is -0.980. The molecule has 0 heterocycles. The van der Waals surface area contributed by atoms with Crippen molar-refractivity contribution in [3.63, 3.8) is 0 Å². The zero-order chi connectivity index (χ0) is 21.6. The molecule has 0 atom stereocenters. The molecule has 0 N–H and O–H groups in total. The van der Waals surface area contributed by atoms with Gasteiger partial charge in [0.05, 0.1) is 11.2 Å². The van der Waals surface area contributed by atoms with Crippen molar-refractivity contribution >= 4 is 0 Å². The van der Waals surface area contributed by atoms with E-state index in [1.165, 1.54) is 0 Å². The summed E-state index contributed by atoms with van der Waals surface area (Å²) in [6.07, 6.45) is 0. The third kappa shape index (κ3) is 10.8. The van der Waals surface area contributed by atoms with Crippen LogP contribution in [0, 0.1) is 0 Å². The lowest BCUT2D eigenvalue weighted by Gasteiger charge is -2.28. The Labute approximate surface area is 167 Å². The zero-order valence-corrected chi connectivity index (χ0v) is 18.6. The fourth-order valence-corrected chi connectivity index (χ4v) is 1.36. The minimum absolute atomic E-state index is 0.280. The van der Waals surface area contributed by atoms with Crippen LogP contribution in [0.1, 0.15) is 69.2 Å². The molecule has 1 rings (SSSR count). The first-order valence-corrected chi connectivity index (χ1v) is 9.13. The van der Waals surface area contributed by atoms with E-state index in [9.17, 15) is 0 Å². The minimum atomic E-state index is -1.16. The van der Waals surface area contributed by atoms with Crippen LogP contribution in [0.25, 0.3) is 0 Å². The molecule has 162 valence electrons. The Balaban J connectivity index is 2.65. The van der Waals surface area contributed by atoms with Crippen molar-refractivity contribution in [2.45, 2.75) is 92.0 Å². The highest BCUT2D eigenvalue weighted by molar-refractivity contribution is 5.38. The molecule has 0 saturated carbocycles. The van der Waals surface area contributed by atoms with Crippen LogP contribution < -0.4 is 9.78 Å². The van der Waals surface area contributed by atoms with E-state index in [1.54, 1.807) is 52.0 Å². The largest absolute Gasteiger partial charge is 0.330 e. The van der Waals surface area contributed by atoms with Crippen LogP contribution in [0.5, 0.6) is 11.5 Å². The normalized spacial score (nSPS) is 13.5. The van der Waals surface area contributed by atoms with Crippen molar-refractivity contribution in [2.24, 2.45) is 0 Å². The summed E-state index contributed by atoms with van der Waals surface area (Å²) in [6, 6.07) is 6.82. The minimum Gasteiger partial charge on any atom is -0.330 e. The standard InChI is InChI=1S/C20H34O8/c1-17(2,3)23-27-19(7,8)25-21-15-13-11-12-14-16(15)22-26-20(9,10)28-24-18(4,5)6/h11-14H,1-10H3. The van der Waals surface area contributed by atoms with Gasteiger partial charge in [0.15, 0.2) is 0 Å². The topological polar surface area (TPSA) is 73.8 Å². The second-order valence-corrected chi connectivity index (χ2v) is 9.14. The first kappa shape index (κ1) is 24.6. The smallest absolute Gasteiger partial charge is 0.239 e. The molecule has 28 heavy (non-hydrogen) atoms. The lowest BCUT2D eigenvalue weighted by Crippen LogP contribution is -2.34. The molecule has 0 aliphatic heterocycles. The maximum Gasteiger partial charge on any atom is 0.239 e. The third-order valence-corrected chi connectivity index (χ3v) is 2.50. The number of benzene rings is 1. The molecular weight excluding hydrogens is 368 g/mol. The van der Waals surface area contributed by atoms with Crippen molar-refractivity contribution in [2.75, 3.05) is 0 Å². The number of rotatable bonds is 10. The van der Waals surface area contributed by atoms with Gasteiger partial charge in [-0.1, -0.05) is 12.1 Å². The molecule has 1 aromatic rings. The van der Waals surface area contributed by atoms with Crippen LogP contribution in [-0.2, 0) is 29.3 Å². The summed E-state index contributed by atoms with van der Waals surface area (Å²) in [5.74, 6) is -1.76. The van der Waals surface area contributed by atoms with E-state index in [0.717, 1.165) is 0 Å². The molecule has 0 radical (unpaired) electrons. The van der Waals surface area contributed by atoms with E-state index in [0.29, 0.717) is 0 Å². The van der Waals surface area contributed by atoms with Crippen molar-refractivity contribution in [1.29, 1.82) is 0 Å². The van der Waals surface area contributed by atoms with Gasteiger partial charge < -0.3 is 9.78 Å². The second kappa shape index (κ2) is 9.39. The summed E-state index contributed by atoms with van der Waals surface area (Å²) in [7, 11) is 0. The molecular formula is C20H34O8. The number of hydrogen-bond donors (Lipinski definition) is 0. The molecule has 0 aliphatic carbocycles. The summed E-state index contributed by atoms with van der Waals surface area (Å²) >= 11 is 0. The second-order valence-electron chi connectivity index (χ2n) is 9.14. The first-order chi connectivity index (χ1) is 12.6. The highest BCUT2D eigenvalue weighted by Gasteiger charge is 2.29. The van der Waals surface area contributed by atoms with Crippen LogP contribution in [0.15, 0.2) is 24.3 Å². The third-order valence-electron chi connectivity index (χ3n) is 2.50. The predicted octanol–water partition coefficient (Wildman–Crippen LogP) is 5.27. The average molecular weight is 402 g/mol. The Bertz CT molecular complexity index is 546. The molecule has 0 aromatic heterocycles. The summed E-state index contributed by atoms with van der Waals surface area (Å²) in [4.78, 5) is 42.5. The van der Waals surface area contributed by atoms with Gasteiger partial charge in [0.1, 0.15) is 0 Å². The monoisotopic (exact) mass is 402 g/mol. The Morgan fingerprint density at radius 3 is 1.07 bits per heavy atom. The highest BCUT2D eigenvalue weighted by Crippen LogP contribution is 2.30. The van der Waals surface area contributed by atoms with E-state index in [4.69, 9.17) is 39.1 Å². The molecule has 0 aliphatic rings. The Hall–Kier alpha value is -1.42. The van der Waals surface area contributed by atoms with Gasteiger partial charge in [0.2, 0.25) is 23.1 Å². The van der Waals surface area contributed by atoms with Crippen molar-refractivity contribution in [1.82, 2.24) is 0 Å². The Morgan fingerprint density at radius 2 is 0.786 bits per heavy atom. The first-order valence-electron chi connectivity index (χ1n) is 9.13. The zero-order valence-electron chi connectivity index (χ0n) is 18.6. The number of para-hydroxylation sites is 2. The van der Waals surface area contributed by atoms with Crippen molar-refractivity contribution in [3.05, 3.63) is 24.3 Å². The Morgan fingerprint density at radius 1 is 0.464 bits per heavy atom. The van der Waals surface area contributed by atoms with Gasteiger partial charge in [-0.25, -0.2) is 9.78 Å². The van der Waals surface area contributed by atoms with Crippen LogP contribution in [0.4, 0.5) is 0 Å². The quantitative estimate of drug-likeness (QED) is 0.298. The summed E-state index contributed by atoms with van der Waals surface area (Å²) in [6.45, 7) is 17.8.